The summed E-state index contributed by atoms with van der Waals surface area (Å²) in [5.74, 6) is -0.347. The molecule has 0 bridgehead atoms. The van der Waals surface area contributed by atoms with Crippen LogP contribution in [0.2, 0.25) is 0 Å². The molecule has 0 aliphatic heterocycles. The van der Waals surface area contributed by atoms with Crippen LogP contribution in [0.1, 0.15) is 48.5 Å². The van der Waals surface area contributed by atoms with Gasteiger partial charge in [-0.3, -0.25) is 0 Å². The molecule has 0 heterocycles. The molecule has 2 rings (SSSR count). The zero-order valence-corrected chi connectivity index (χ0v) is 11.3. The monoisotopic (exact) mass is 263 g/mol. The van der Waals surface area contributed by atoms with E-state index < -0.39 is 5.60 Å². The lowest BCUT2D eigenvalue weighted by Gasteiger charge is -2.35. The predicted octanol–water partition coefficient (Wildman–Crippen LogP) is 1.95. The lowest BCUT2D eigenvalue weighted by atomic mass is 9.77. The molecule has 104 valence electrons. The molecule has 0 atom stereocenters. The number of esters is 1. The molecule has 0 aromatic heterocycles. The van der Waals surface area contributed by atoms with Crippen LogP contribution in [0.3, 0.4) is 0 Å². The van der Waals surface area contributed by atoms with Crippen molar-refractivity contribution in [2.24, 2.45) is 5.73 Å². The van der Waals surface area contributed by atoms with E-state index >= 15 is 0 Å². The molecule has 1 saturated carbocycles. The van der Waals surface area contributed by atoms with Crippen molar-refractivity contribution in [3.8, 4) is 0 Å². The highest BCUT2D eigenvalue weighted by Crippen LogP contribution is 2.36. The van der Waals surface area contributed by atoms with Gasteiger partial charge in [0, 0.05) is 6.04 Å². The average molecular weight is 263 g/mol. The van der Waals surface area contributed by atoms with Crippen molar-refractivity contribution in [1.29, 1.82) is 0 Å². The number of hydrogen-bond acceptors (Lipinski definition) is 4. The number of aliphatic hydroxyl groups is 1. The van der Waals surface area contributed by atoms with Crippen LogP contribution in [0.25, 0.3) is 0 Å². The van der Waals surface area contributed by atoms with Gasteiger partial charge in [-0.25, -0.2) is 4.79 Å². The highest BCUT2D eigenvalue weighted by Gasteiger charge is 2.34. The number of nitrogens with two attached hydrogens (primary N) is 1. The molecule has 0 unspecified atom stereocenters. The first-order valence-electron chi connectivity index (χ1n) is 6.81. The molecule has 0 amide bonds. The Morgan fingerprint density at radius 1 is 1.47 bits per heavy atom. The minimum atomic E-state index is -0.863. The molecule has 1 aliphatic carbocycles. The van der Waals surface area contributed by atoms with Crippen LogP contribution in [0, 0.1) is 0 Å². The largest absolute Gasteiger partial charge is 0.462 e. The maximum atomic E-state index is 11.7. The summed E-state index contributed by atoms with van der Waals surface area (Å²) in [7, 11) is 0. The molecular formula is C15H21NO3. The van der Waals surface area contributed by atoms with Crippen molar-refractivity contribution < 1.29 is 14.6 Å². The van der Waals surface area contributed by atoms with Crippen molar-refractivity contribution in [2.75, 3.05) is 6.61 Å². The zero-order chi connectivity index (χ0) is 13.9. The van der Waals surface area contributed by atoms with Crippen molar-refractivity contribution in [2.45, 2.75) is 44.2 Å². The second kappa shape index (κ2) is 5.72. The Morgan fingerprint density at radius 3 is 2.79 bits per heavy atom. The predicted molar refractivity (Wildman–Crippen MR) is 72.7 cm³/mol. The van der Waals surface area contributed by atoms with E-state index in [0.717, 1.165) is 18.4 Å². The summed E-state index contributed by atoms with van der Waals surface area (Å²) >= 11 is 0. The van der Waals surface area contributed by atoms with Gasteiger partial charge in [0.05, 0.1) is 17.8 Å². The summed E-state index contributed by atoms with van der Waals surface area (Å²) in [4.78, 5) is 11.7. The second-order valence-corrected chi connectivity index (χ2v) is 5.17. The van der Waals surface area contributed by atoms with Crippen LogP contribution in [-0.4, -0.2) is 23.7 Å². The summed E-state index contributed by atoms with van der Waals surface area (Å²) in [5.41, 5.74) is 6.27. The SMILES string of the molecule is CCOC(=O)c1cccc(C2(O)CCC(N)CC2)c1. The van der Waals surface area contributed by atoms with Gasteiger partial charge in [0.2, 0.25) is 0 Å². The van der Waals surface area contributed by atoms with E-state index in [-0.39, 0.29) is 12.0 Å². The summed E-state index contributed by atoms with van der Waals surface area (Å²) in [6.45, 7) is 2.12. The zero-order valence-electron chi connectivity index (χ0n) is 11.3. The Morgan fingerprint density at radius 2 is 2.16 bits per heavy atom. The first-order chi connectivity index (χ1) is 9.05. The Hall–Kier alpha value is -1.39. The van der Waals surface area contributed by atoms with Crippen molar-refractivity contribution in [3.05, 3.63) is 35.4 Å². The fourth-order valence-electron chi connectivity index (χ4n) is 2.56. The standard InChI is InChI=1S/C15H21NO3/c1-2-19-14(17)11-4-3-5-12(10-11)15(18)8-6-13(16)7-9-15/h3-5,10,13,18H,2,6-9,16H2,1H3. The van der Waals surface area contributed by atoms with Crippen LogP contribution in [0.15, 0.2) is 24.3 Å². The third-order valence-electron chi connectivity index (χ3n) is 3.77. The number of ether oxygens (including phenoxy) is 1. The van der Waals surface area contributed by atoms with Crippen molar-refractivity contribution in [1.82, 2.24) is 0 Å². The van der Waals surface area contributed by atoms with Gasteiger partial charge in [0.25, 0.3) is 0 Å². The molecule has 4 nitrogen and oxygen atoms in total. The van der Waals surface area contributed by atoms with E-state index in [9.17, 15) is 9.90 Å². The van der Waals surface area contributed by atoms with E-state index in [2.05, 4.69) is 0 Å². The highest BCUT2D eigenvalue weighted by atomic mass is 16.5. The molecule has 0 spiro atoms. The Balaban J connectivity index is 2.20. The van der Waals surface area contributed by atoms with Crippen LogP contribution < -0.4 is 5.73 Å². The lowest BCUT2D eigenvalue weighted by Crippen LogP contribution is -2.36. The molecular weight excluding hydrogens is 242 g/mol. The van der Waals surface area contributed by atoms with E-state index in [0.29, 0.717) is 25.0 Å². The average Bonchev–Trinajstić information content (AvgIpc) is 2.43. The Bertz CT molecular complexity index is 450. The number of hydrogen-bond donors (Lipinski definition) is 2. The van der Waals surface area contributed by atoms with Gasteiger partial charge in [0.1, 0.15) is 0 Å². The van der Waals surface area contributed by atoms with Gasteiger partial charge in [0.15, 0.2) is 0 Å². The van der Waals surface area contributed by atoms with Gasteiger partial charge in [-0.15, -0.1) is 0 Å². The number of carbonyl (C=O) groups excluding carboxylic acids is 1. The summed E-state index contributed by atoms with van der Waals surface area (Å²) in [5, 5.41) is 10.7. The Kier molecular flexibility index (Phi) is 4.22. The van der Waals surface area contributed by atoms with Crippen LogP contribution in [-0.2, 0) is 10.3 Å². The van der Waals surface area contributed by atoms with E-state index in [1.54, 1.807) is 25.1 Å². The number of benzene rings is 1. The fraction of sp³-hybridized carbons (Fsp3) is 0.533. The first kappa shape index (κ1) is 14.0. The van der Waals surface area contributed by atoms with E-state index in [4.69, 9.17) is 10.5 Å². The molecule has 4 heteroatoms. The van der Waals surface area contributed by atoms with Gasteiger partial charge in [-0.05, 0) is 50.3 Å². The van der Waals surface area contributed by atoms with Gasteiger partial charge >= 0.3 is 5.97 Å². The van der Waals surface area contributed by atoms with E-state index in [1.807, 2.05) is 6.07 Å². The topological polar surface area (TPSA) is 72.5 Å². The summed E-state index contributed by atoms with van der Waals surface area (Å²) in [6, 6.07) is 7.26. The Labute approximate surface area is 113 Å². The third kappa shape index (κ3) is 3.14. The minimum absolute atomic E-state index is 0.175. The smallest absolute Gasteiger partial charge is 0.338 e. The molecule has 1 fully saturated rings. The summed E-state index contributed by atoms with van der Waals surface area (Å²) in [6.07, 6.45) is 2.89. The number of rotatable bonds is 3. The third-order valence-corrected chi connectivity index (χ3v) is 3.77. The van der Waals surface area contributed by atoms with Crippen LogP contribution in [0.5, 0.6) is 0 Å². The molecule has 1 aliphatic rings. The maximum Gasteiger partial charge on any atom is 0.338 e. The van der Waals surface area contributed by atoms with Gasteiger partial charge in [-0.2, -0.15) is 0 Å². The fourth-order valence-corrected chi connectivity index (χ4v) is 2.56. The van der Waals surface area contributed by atoms with Crippen molar-refractivity contribution in [3.63, 3.8) is 0 Å². The van der Waals surface area contributed by atoms with Gasteiger partial charge < -0.3 is 15.6 Å². The normalized spacial score (nSPS) is 27.0. The summed E-state index contributed by atoms with van der Waals surface area (Å²) < 4.78 is 4.98. The molecule has 1 aromatic rings. The lowest BCUT2D eigenvalue weighted by molar-refractivity contribution is -0.00504. The van der Waals surface area contributed by atoms with Crippen LogP contribution in [0.4, 0.5) is 0 Å². The number of carbonyl (C=O) groups is 1. The quantitative estimate of drug-likeness (QED) is 0.818. The van der Waals surface area contributed by atoms with Crippen LogP contribution >= 0.6 is 0 Å². The first-order valence-corrected chi connectivity index (χ1v) is 6.81. The molecule has 19 heavy (non-hydrogen) atoms. The maximum absolute atomic E-state index is 11.7. The van der Waals surface area contributed by atoms with Crippen molar-refractivity contribution >= 4 is 5.97 Å². The van der Waals surface area contributed by atoms with Gasteiger partial charge in [-0.1, -0.05) is 12.1 Å². The highest BCUT2D eigenvalue weighted by molar-refractivity contribution is 5.89. The minimum Gasteiger partial charge on any atom is -0.462 e. The molecule has 0 saturated heterocycles. The molecule has 3 N–H and O–H groups in total. The molecule has 0 radical (unpaired) electrons. The second-order valence-electron chi connectivity index (χ2n) is 5.17. The molecule has 1 aromatic carbocycles. The van der Waals surface area contributed by atoms with E-state index in [1.165, 1.54) is 0 Å².